The summed E-state index contributed by atoms with van der Waals surface area (Å²) in [7, 11) is -1.23. The van der Waals surface area contributed by atoms with Crippen molar-refractivity contribution >= 4 is 44.7 Å². The summed E-state index contributed by atoms with van der Waals surface area (Å²) in [4.78, 5) is 6.25. The highest BCUT2D eigenvalue weighted by molar-refractivity contribution is 7.91. The first-order valence-corrected chi connectivity index (χ1v) is 8.50. The van der Waals surface area contributed by atoms with E-state index in [2.05, 4.69) is 10.3 Å². The molecule has 0 amide bonds. The van der Waals surface area contributed by atoms with Crippen molar-refractivity contribution in [1.82, 2.24) is 4.98 Å². The van der Waals surface area contributed by atoms with Gasteiger partial charge in [-0.1, -0.05) is 23.2 Å². The molecule has 2 rings (SSSR count). The molecule has 0 aromatic carbocycles. The molecule has 2 heterocycles. The van der Waals surface area contributed by atoms with Crippen molar-refractivity contribution in [1.29, 1.82) is 0 Å². The number of nitrogens with zero attached hydrogens (tertiary/aromatic N) is 2. The topological polar surface area (TPSA) is 62.3 Å². The normalized spacial score (nSPS) is 19.0. The molecule has 1 aliphatic heterocycles. The van der Waals surface area contributed by atoms with Crippen LogP contribution in [0.1, 0.15) is 6.42 Å². The molecule has 0 saturated carbocycles. The Morgan fingerprint density at radius 3 is 2.68 bits per heavy atom. The van der Waals surface area contributed by atoms with Crippen molar-refractivity contribution in [3.63, 3.8) is 0 Å². The van der Waals surface area contributed by atoms with E-state index in [9.17, 15) is 8.42 Å². The lowest BCUT2D eigenvalue weighted by atomic mass is 10.3. The monoisotopic (exact) mass is 323 g/mol. The summed E-state index contributed by atoms with van der Waals surface area (Å²) in [6.07, 6.45) is 0.581. The molecular weight excluding hydrogens is 309 g/mol. The number of aromatic nitrogens is 1. The number of anilines is 2. The van der Waals surface area contributed by atoms with E-state index in [-0.39, 0.29) is 11.5 Å². The maximum atomic E-state index is 11.6. The predicted molar refractivity (Wildman–Crippen MR) is 79.3 cm³/mol. The fourth-order valence-corrected chi connectivity index (χ4v) is 3.85. The van der Waals surface area contributed by atoms with E-state index in [1.165, 1.54) is 0 Å². The second-order valence-corrected chi connectivity index (χ2v) is 7.48. The molecule has 0 spiro atoms. The molecule has 1 aromatic rings. The number of hydrogen-bond acceptors (Lipinski definition) is 5. The molecule has 106 valence electrons. The average Bonchev–Trinajstić information content (AvgIpc) is 2.51. The van der Waals surface area contributed by atoms with Crippen LogP contribution in [0.4, 0.5) is 11.6 Å². The summed E-state index contributed by atoms with van der Waals surface area (Å²) in [5, 5.41) is 3.76. The number of nitrogens with one attached hydrogen (secondary N) is 1. The van der Waals surface area contributed by atoms with Gasteiger partial charge in [-0.15, -0.1) is 0 Å². The van der Waals surface area contributed by atoms with Crippen molar-refractivity contribution in [2.24, 2.45) is 0 Å². The van der Waals surface area contributed by atoms with E-state index in [0.717, 1.165) is 0 Å². The third-order valence-electron chi connectivity index (χ3n) is 3.00. The van der Waals surface area contributed by atoms with Crippen molar-refractivity contribution in [2.75, 3.05) is 41.9 Å². The molecule has 1 N–H and O–H groups in total. The summed E-state index contributed by atoms with van der Waals surface area (Å²) in [5.74, 6) is 1.46. The van der Waals surface area contributed by atoms with Gasteiger partial charge >= 0.3 is 0 Å². The van der Waals surface area contributed by atoms with Crippen LogP contribution < -0.4 is 10.2 Å². The van der Waals surface area contributed by atoms with Crippen LogP contribution in [-0.4, -0.2) is 45.0 Å². The van der Waals surface area contributed by atoms with Gasteiger partial charge in [0.1, 0.15) is 11.6 Å². The Labute approximate surface area is 122 Å². The van der Waals surface area contributed by atoms with Crippen LogP contribution >= 0.6 is 23.2 Å². The number of sulfone groups is 1. The summed E-state index contributed by atoms with van der Waals surface area (Å²) in [6, 6.07) is 1.62. The first-order valence-electron chi connectivity index (χ1n) is 5.92. The van der Waals surface area contributed by atoms with Crippen LogP contribution in [0.2, 0.25) is 10.0 Å². The van der Waals surface area contributed by atoms with Crippen LogP contribution in [0.25, 0.3) is 0 Å². The first kappa shape index (κ1) is 14.7. The molecule has 1 aliphatic rings. The average molecular weight is 324 g/mol. The molecule has 0 aliphatic carbocycles. The largest absolute Gasteiger partial charge is 0.372 e. The van der Waals surface area contributed by atoms with Gasteiger partial charge in [0.15, 0.2) is 9.84 Å². The van der Waals surface area contributed by atoms with Crippen molar-refractivity contribution in [3.05, 3.63) is 16.1 Å². The maximum absolute atomic E-state index is 11.6. The molecule has 0 bridgehead atoms. The van der Waals surface area contributed by atoms with Crippen molar-refractivity contribution in [3.8, 4) is 0 Å². The van der Waals surface area contributed by atoms with E-state index in [1.807, 2.05) is 4.90 Å². The second-order valence-electron chi connectivity index (χ2n) is 4.37. The Morgan fingerprint density at radius 2 is 2.00 bits per heavy atom. The lowest BCUT2D eigenvalue weighted by Gasteiger charge is -2.22. The van der Waals surface area contributed by atoms with E-state index >= 15 is 0 Å². The number of pyridine rings is 1. The summed E-state index contributed by atoms with van der Waals surface area (Å²) in [5.41, 5.74) is 0. The molecule has 19 heavy (non-hydrogen) atoms. The van der Waals surface area contributed by atoms with Gasteiger partial charge < -0.3 is 10.2 Å². The number of rotatable bonds is 2. The Morgan fingerprint density at radius 1 is 1.26 bits per heavy atom. The molecule has 0 atom stereocenters. The number of halogens is 2. The van der Waals surface area contributed by atoms with E-state index in [4.69, 9.17) is 23.2 Å². The third kappa shape index (κ3) is 3.43. The van der Waals surface area contributed by atoms with E-state index < -0.39 is 9.84 Å². The second kappa shape index (κ2) is 5.73. The van der Waals surface area contributed by atoms with Gasteiger partial charge in [0.05, 0.1) is 21.6 Å². The van der Waals surface area contributed by atoms with Crippen molar-refractivity contribution < 1.29 is 8.42 Å². The zero-order valence-electron chi connectivity index (χ0n) is 10.5. The minimum Gasteiger partial charge on any atom is -0.372 e. The zero-order chi connectivity index (χ0) is 14.0. The fourth-order valence-electron chi connectivity index (χ4n) is 2.00. The van der Waals surface area contributed by atoms with Gasteiger partial charge in [0.2, 0.25) is 0 Å². The molecule has 1 aromatic heterocycles. The Bertz CT molecular complexity index is 578. The minimum atomic E-state index is -2.95. The molecular formula is C11H15Cl2N3O2S. The highest BCUT2D eigenvalue weighted by Gasteiger charge is 2.22. The van der Waals surface area contributed by atoms with Crippen LogP contribution in [-0.2, 0) is 9.84 Å². The standard InChI is InChI=1S/C11H15Cl2N3O2S/c1-14-10-8(12)7-9(13)11(15-10)16-3-2-5-19(17,18)6-4-16/h7H,2-6H2,1H3,(H,14,15). The van der Waals surface area contributed by atoms with Gasteiger partial charge in [-0.3, -0.25) is 0 Å². The molecule has 8 heteroatoms. The summed E-state index contributed by atoms with van der Waals surface area (Å²) in [6.45, 7) is 1.02. The van der Waals surface area contributed by atoms with Crippen LogP contribution in [0.5, 0.6) is 0 Å². The fraction of sp³-hybridized carbons (Fsp3) is 0.545. The third-order valence-corrected chi connectivity index (χ3v) is 5.28. The van der Waals surface area contributed by atoms with Crippen LogP contribution in [0.3, 0.4) is 0 Å². The van der Waals surface area contributed by atoms with Gasteiger partial charge in [-0.25, -0.2) is 13.4 Å². The number of hydrogen-bond donors (Lipinski definition) is 1. The van der Waals surface area contributed by atoms with Crippen molar-refractivity contribution in [2.45, 2.75) is 6.42 Å². The minimum absolute atomic E-state index is 0.128. The molecule has 5 nitrogen and oxygen atoms in total. The van der Waals surface area contributed by atoms with Crippen LogP contribution in [0, 0.1) is 0 Å². The lowest BCUT2D eigenvalue weighted by Crippen LogP contribution is -2.28. The maximum Gasteiger partial charge on any atom is 0.152 e. The molecule has 1 fully saturated rings. The van der Waals surface area contributed by atoms with Crippen LogP contribution in [0.15, 0.2) is 6.07 Å². The Balaban J connectivity index is 2.31. The quantitative estimate of drug-likeness (QED) is 0.902. The van der Waals surface area contributed by atoms with E-state index in [0.29, 0.717) is 41.2 Å². The van der Waals surface area contributed by atoms with Gasteiger partial charge in [-0.2, -0.15) is 0 Å². The molecule has 0 radical (unpaired) electrons. The molecule has 0 unspecified atom stereocenters. The van der Waals surface area contributed by atoms with Gasteiger partial charge in [-0.05, 0) is 12.5 Å². The lowest BCUT2D eigenvalue weighted by molar-refractivity contribution is 0.597. The Kier molecular flexibility index (Phi) is 4.43. The first-order chi connectivity index (χ1) is 8.93. The SMILES string of the molecule is CNc1nc(N2CCCS(=O)(=O)CC2)c(Cl)cc1Cl. The van der Waals surface area contributed by atoms with Gasteiger partial charge in [0, 0.05) is 20.1 Å². The smallest absolute Gasteiger partial charge is 0.152 e. The highest BCUT2D eigenvalue weighted by atomic mass is 35.5. The Hall–Kier alpha value is -0.720. The highest BCUT2D eigenvalue weighted by Crippen LogP contribution is 2.31. The van der Waals surface area contributed by atoms with E-state index in [1.54, 1.807) is 13.1 Å². The zero-order valence-corrected chi connectivity index (χ0v) is 12.8. The predicted octanol–water partition coefficient (Wildman–Crippen LogP) is 2.05. The summed E-state index contributed by atoms with van der Waals surface area (Å²) < 4.78 is 23.2. The summed E-state index contributed by atoms with van der Waals surface area (Å²) >= 11 is 12.1. The molecule has 1 saturated heterocycles. The van der Waals surface area contributed by atoms with Gasteiger partial charge in [0.25, 0.3) is 0 Å².